The van der Waals surface area contributed by atoms with Crippen LogP contribution < -0.4 is 19.5 Å². The number of rotatable bonds is 5. The third-order valence-electron chi connectivity index (χ3n) is 5.58. The molecule has 140 valence electrons. The molecule has 0 atom stereocenters. The molecule has 6 nitrogen and oxygen atoms in total. The monoisotopic (exact) mass is 349 g/mol. The van der Waals surface area contributed by atoms with E-state index in [0.29, 0.717) is 18.0 Å². The fourth-order valence-electron chi connectivity index (χ4n) is 3.10. The van der Waals surface area contributed by atoms with E-state index in [4.69, 9.17) is 14.2 Å². The van der Waals surface area contributed by atoms with E-state index in [1.807, 2.05) is 19.2 Å². The highest BCUT2D eigenvalue weighted by molar-refractivity contribution is 5.82. The molecular formula is C19H31N3O3. The lowest BCUT2D eigenvalue weighted by Gasteiger charge is -2.62. The maximum Gasteiger partial charge on any atom is 0.194 e. The number of likely N-dealkylation sites (tertiary alicyclic amines) is 1. The summed E-state index contributed by atoms with van der Waals surface area (Å²) in [7, 11) is 6.71. The van der Waals surface area contributed by atoms with Gasteiger partial charge in [0.1, 0.15) is 5.75 Å². The summed E-state index contributed by atoms with van der Waals surface area (Å²) in [6.07, 6.45) is 0. The molecule has 0 unspecified atom stereocenters. The second-order valence-electron chi connectivity index (χ2n) is 7.45. The first-order valence-electron chi connectivity index (χ1n) is 8.49. The molecule has 0 aliphatic carbocycles. The van der Waals surface area contributed by atoms with E-state index in [9.17, 15) is 0 Å². The van der Waals surface area contributed by atoms with Crippen LogP contribution in [0.25, 0.3) is 0 Å². The Kier molecular flexibility index (Phi) is 5.40. The van der Waals surface area contributed by atoms with Crippen LogP contribution in [0.15, 0.2) is 17.1 Å². The predicted molar refractivity (Wildman–Crippen MR) is 101 cm³/mol. The van der Waals surface area contributed by atoms with Gasteiger partial charge in [0.15, 0.2) is 17.5 Å². The summed E-state index contributed by atoms with van der Waals surface area (Å²) in [5.74, 6) is 2.98. The highest BCUT2D eigenvalue weighted by Crippen LogP contribution is 2.46. The molecule has 1 heterocycles. The van der Waals surface area contributed by atoms with Gasteiger partial charge in [-0.05, 0) is 19.9 Å². The van der Waals surface area contributed by atoms with Gasteiger partial charge in [-0.25, -0.2) is 0 Å². The smallest absolute Gasteiger partial charge is 0.194 e. The minimum atomic E-state index is 0.0521. The van der Waals surface area contributed by atoms with Crippen LogP contribution in [0.4, 0.5) is 0 Å². The van der Waals surface area contributed by atoms with Crippen LogP contribution in [0, 0.1) is 5.41 Å². The summed E-state index contributed by atoms with van der Waals surface area (Å²) in [5.41, 5.74) is 1.29. The second-order valence-corrected chi connectivity index (χ2v) is 7.45. The number of methoxy groups -OCH3 is 3. The van der Waals surface area contributed by atoms with Crippen molar-refractivity contribution in [2.45, 2.75) is 39.8 Å². The van der Waals surface area contributed by atoms with Gasteiger partial charge in [-0.1, -0.05) is 13.8 Å². The molecule has 1 N–H and O–H groups in total. The van der Waals surface area contributed by atoms with Crippen LogP contribution in [0.1, 0.15) is 33.3 Å². The summed E-state index contributed by atoms with van der Waals surface area (Å²) in [6, 6.07) is 3.78. The molecule has 6 heteroatoms. The van der Waals surface area contributed by atoms with Crippen molar-refractivity contribution in [3.63, 3.8) is 0 Å². The van der Waals surface area contributed by atoms with Gasteiger partial charge in [-0.2, -0.15) is 0 Å². The molecule has 1 aromatic rings. The fraction of sp³-hybridized carbons (Fsp3) is 0.632. The Balaban J connectivity index is 2.17. The van der Waals surface area contributed by atoms with Gasteiger partial charge in [-0.3, -0.25) is 4.99 Å². The van der Waals surface area contributed by atoms with E-state index in [1.165, 1.54) is 0 Å². The topological polar surface area (TPSA) is 55.3 Å². The van der Waals surface area contributed by atoms with Crippen molar-refractivity contribution >= 4 is 5.96 Å². The average Bonchev–Trinajstić information content (AvgIpc) is 2.60. The fourth-order valence-corrected chi connectivity index (χ4v) is 3.10. The van der Waals surface area contributed by atoms with Crippen molar-refractivity contribution in [3.8, 4) is 17.2 Å². The molecule has 0 amide bonds. The van der Waals surface area contributed by atoms with Gasteiger partial charge < -0.3 is 24.4 Å². The lowest BCUT2D eigenvalue weighted by Crippen LogP contribution is -2.72. The number of guanidine groups is 1. The van der Waals surface area contributed by atoms with Gasteiger partial charge in [0.05, 0.1) is 21.3 Å². The van der Waals surface area contributed by atoms with E-state index in [0.717, 1.165) is 23.8 Å². The molecule has 0 bridgehead atoms. The second kappa shape index (κ2) is 7.02. The Morgan fingerprint density at radius 2 is 1.60 bits per heavy atom. The summed E-state index contributed by atoms with van der Waals surface area (Å²) in [6.45, 7) is 10.6. The van der Waals surface area contributed by atoms with Crippen LogP contribution in [0.3, 0.4) is 0 Å². The largest absolute Gasteiger partial charge is 0.496 e. The molecule has 0 radical (unpaired) electrons. The minimum Gasteiger partial charge on any atom is -0.496 e. The van der Waals surface area contributed by atoms with Crippen LogP contribution in [-0.4, -0.2) is 51.3 Å². The Morgan fingerprint density at radius 3 is 2.04 bits per heavy atom. The van der Waals surface area contributed by atoms with Gasteiger partial charge in [-0.15, -0.1) is 0 Å². The van der Waals surface area contributed by atoms with E-state index in [-0.39, 0.29) is 11.0 Å². The maximum absolute atomic E-state index is 5.50. The Bertz CT molecular complexity index is 654. The van der Waals surface area contributed by atoms with Gasteiger partial charge in [0, 0.05) is 42.7 Å². The third kappa shape index (κ3) is 3.34. The van der Waals surface area contributed by atoms with Crippen molar-refractivity contribution in [2.24, 2.45) is 10.4 Å². The molecule has 0 spiro atoms. The number of hydrogen-bond donors (Lipinski definition) is 1. The first-order chi connectivity index (χ1) is 11.7. The zero-order valence-corrected chi connectivity index (χ0v) is 16.7. The van der Waals surface area contributed by atoms with Gasteiger partial charge >= 0.3 is 0 Å². The quantitative estimate of drug-likeness (QED) is 0.654. The average molecular weight is 349 g/mol. The molecule has 25 heavy (non-hydrogen) atoms. The zero-order chi connectivity index (χ0) is 18.8. The van der Waals surface area contributed by atoms with Crippen molar-refractivity contribution in [1.29, 1.82) is 0 Å². The van der Waals surface area contributed by atoms with Crippen LogP contribution in [0.2, 0.25) is 0 Å². The number of nitrogens with one attached hydrogen (secondary N) is 1. The predicted octanol–water partition coefficient (Wildman–Crippen LogP) is 2.91. The molecule has 0 aromatic heterocycles. The summed E-state index contributed by atoms with van der Waals surface area (Å²) in [4.78, 5) is 6.76. The molecular weight excluding hydrogens is 318 g/mol. The van der Waals surface area contributed by atoms with Crippen molar-refractivity contribution in [1.82, 2.24) is 10.2 Å². The van der Waals surface area contributed by atoms with Crippen molar-refractivity contribution in [2.75, 3.05) is 34.9 Å². The lowest BCUT2D eigenvalue weighted by atomic mass is 9.65. The molecule has 1 fully saturated rings. The molecule has 1 saturated heterocycles. The van der Waals surface area contributed by atoms with E-state index < -0.39 is 0 Å². The summed E-state index contributed by atoms with van der Waals surface area (Å²) in [5, 5.41) is 3.44. The van der Waals surface area contributed by atoms with E-state index >= 15 is 0 Å². The third-order valence-corrected chi connectivity index (χ3v) is 5.58. The summed E-state index contributed by atoms with van der Waals surface area (Å²) < 4.78 is 16.2. The van der Waals surface area contributed by atoms with E-state index in [2.05, 4.69) is 42.9 Å². The number of ether oxygens (including phenoxy) is 3. The maximum atomic E-state index is 5.50. The lowest BCUT2D eigenvalue weighted by molar-refractivity contribution is -0.0668. The zero-order valence-electron chi connectivity index (χ0n) is 16.7. The number of hydrogen-bond acceptors (Lipinski definition) is 4. The molecule has 1 aliphatic rings. The van der Waals surface area contributed by atoms with Crippen LogP contribution >= 0.6 is 0 Å². The van der Waals surface area contributed by atoms with Crippen molar-refractivity contribution < 1.29 is 14.2 Å². The Morgan fingerprint density at radius 1 is 1.04 bits per heavy atom. The van der Waals surface area contributed by atoms with Crippen molar-refractivity contribution in [3.05, 3.63) is 17.7 Å². The number of nitrogens with zero attached hydrogens (tertiary/aromatic N) is 2. The molecule has 1 aromatic carbocycles. The van der Waals surface area contributed by atoms with Crippen LogP contribution in [0.5, 0.6) is 17.2 Å². The SMILES string of the molecule is CN=C(NCc1cc(OC)c(OC)cc1OC)N1CC(C)(C)C1(C)C. The molecule has 0 saturated carbocycles. The van der Waals surface area contributed by atoms with Crippen LogP contribution in [-0.2, 0) is 6.54 Å². The van der Waals surface area contributed by atoms with Gasteiger partial charge in [0.2, 0.25) is 0 Å². The standard InChI is InChI=1S/C19H31N3O3/c1-18(2)12-22(19(18,3)4)17(20-5)21-11-13-9-15(24-7)16(25-8)10-14(13)23-6/h9-10H,11-12H2,1-8H3,(H,20,21). The van der Waals surface area contributed by atoms with E-state index in [1.54, 1.807) is 21.3 Å². The first kappa shape index (κ1) is 19.2. The summed E-state index contributed by atoms with van der Waals surface area (Å²) >= 11 is 0. The Labute approximate surface area is 151 Å². The number of benzene rings is 1. The highest BCUT2D eigenvalue weighted by Gasteiger charge is 2.53. The normalized spacial score (nSPS) is 18.4. The molecule has 2 rings (SSSR count). The Hall–Kier alpha value is -2.11. The molecule has 1 aliphatic heterocycles. The number of aliphatic imine (C=N–C) groups is 1. The minimum absolute atomic E-state index is 0.0521. The van der Waals surface area contributed by atoms with Gasteiger partial charge in [0.25, 0.3) is 0 Å². The highest BCUT2D eigenvalue weighted by atomic mass is 16.5. The first-order valence-corrected chi connectivity index (χ1v) is 8.49.